The second-order valence-electron chi connectivity index (χ2n) is 4.83. The summed E-state index contributed by atoms with van der Waals surface area (Å²) < 4.78 is 1.99. The van der Waals surface area contributed by atoms with Crippen molar-refractivity contribution in [3.63, 3.8) is 0 Å². The van der Waals surface area contributed by atoms with Gasteiger partial charge in [0.2, 0.25) is 5.91 Å². The van der Waals surface area contributed by atoms with Crippen molar-refractivity contribution in [2.75, 3.05) is 26.2 Å². The molecule has 0 aliphatic carbocycles. The Balaban J connectivity index is 2.65. The fourth-order valence-electron chi connectivity index (χ4n) is 2.26. The molecule has 1 unspecified atom stereocenters. The average molecular weight is 281 g/mol. The molecular formula is C14H27N5O. The molecule has 0 saturated carbocycles. The molecule has 0 saturated heterocycles. The van der Waals surface area contributed by atoms with Gasteiger partial charge >= 0.3 is 0 Å². The van der Waals surface area contributed by atoms with Gasteiger partial charge < -0.3 is 15.2 Å². The highest BCUT2D eigenvalue weighted by molar-refractivity contribution is 5.80. The highest BCUT2D eigenvalue weighted by Crippen LogP contribution is 2.12. The Morgan fingerprint density at radius 1 is 1.45 bits per heavy atom. The molecule has 1 aromatic heterocycles. The molecule has 1 amide bonds. The summed E-state index contributed by atoms with van der Waals surface area (Å²) in [5.74, 6) is -0.359. The third-order valence-corrected chi connectivity index (χ3v) is 3.46. The Bertz CT molecular complexity index is 400. The summed E-state index contributed by atoms with van der Waals surface area (Å²) in [5, 5.41) is 3.24. The lowest BCUT2D eigenvalue weighted by Crippen LogP contribution is -2.39. The van der Waals surface area contributed by atoms with E-state index in [4.69, 9.17) is 5.73 Å². The Kier molecular flexibility index (Phi) is 7.25. The van der Waals surface area contributed by atoms with Crippen molar-refractivity contribution in [2.24, 2.45) is 5.73 Å². The molecule has 1 aromatic rings. The number of hydrogen-bond donors (Lipinski definition) is 2. The van der Waals surface area contributed by atoms with Crippen LogP contribution in [0.1, 0.15) is 38.9 Å². The molecule has 0 radical (unpaired) electrons. The molecular weight excluding hydrogens is 254 g/mol. The van der Waals surface area contributed by atoms with E-state index in [9.17, 15) is 4.79 Å². The van der Waals surface area contributed by atoms with Crippen LogP contribution in [-0.2, 0) is 11.3 Å². The predicted octanol–water partition coefficient (Wildman–Crippen LogP) is 0.751. The van der Waals surface area contributed by atoms with Gasteiger partial charge in [-0.3, -0.25) is 10.1 Å². The lowest BCUT2D eigenvalue weighted by molar-refractivity contribution is -0.120. The molecule has 0 aromatic carbocycles. The number of rotatable bonds is 10. The van der Waals surface area contributed by atoms with Gasteiger partial charge in [-0.2, -0.15) is 0 Å². The summed E-state index contributed by atoms with van der Waals surface area (Å²) in [5.41, 5.74) is 6.36. The van der Waals surface area contributed by atoms with Crippen LogP contribution >= 0.6 is 0 Å². The van der Waals surface area contributed by atoms with E-state index >= 15 is 0 Å². The Morgan fingerprint density at radius 3 is 2.70 bits per heavy atom. The molecule has 20 heavy (non-hydrogen) atoms. The van der Waals surface area contributed by atoms with Crippen molar-refractivity contribution in [2.45, 2.75) is 39.8 Å². The van der Waals surface area contributed by atoms with Gasteiger partial charge in [0, 0.05) is 19.6 Å². The smallest absolute Gasteiger partial charge is 0.240 e. The molecule has 0 bridgehead atoms. The number of amides is 1. The number of aromatic nitrogens is 2. The van der Waals surface area contributed by atoms with Gasteiger partial charge in [-0.15, -0.1) is 0 Å². The van der Waals surface area contributed by atoms with Crippen LogP contribution in [0.3, 0.4) is 0 Å². The standard InChI is InChI=1S/C14H27N5O/c1-4-8-19-11-16-10-12(19)13(14(15)20)17-7-9-18(5-2)6-3/h10-11,13,17H,4-9H2,1-3H3,(H2,15,20). The Labute approximate surface area is 121 Å². The van der Waals surface area contributed by atoms with Crippen molar-refractivity contribution in [1.82, 2.24) is 19.8 Å². The van der Waals surface area contributed by atoms with E-state index in [0.29, 0.717) is 0 Å². The number of carbonyl (C=O) groups is 1. The number of hydrogen-bond acceptors (Lipinski definition) is 4. The fourth-order valence-corrected chi connectivity index (χ4v) is 2.26. The van der Waals surface area contributed by atoms with Crippen LogP contribution in [0.25, 0.3) is 0 Å². The van der Waals surface area contributed by atoms with E-state index in [-0.39, 0.29) is 5.91 Å². The predicted molar refractivity (Wildman–Crippen MR) is 80.2 cm³/mol. The highest BCUT2D eigenvalue weighted by atomic mass is 16.1. The molecule has 6 nitrogen and oxygen atoms in total. The van der Waals surface area contributed by atoms with E-state index in [2.05, 4.69) is 36.0 Å². The molecule has 6 heteroatoms. The fraction of sp³-hybridized carbons (Fsp3) is 0.714. The zero-order chi connectivity index (χ0) is 15.0. The number of imidazole rings is 1. The number of aryl methyl sites for hydroxylation is 1. The molecule has 1 rings (SSSR count). The second kappa shape index (κ2) is 8.71. The molecule has 1 atom stereocenters. The number of nitrogens with two attached hydrogens (primary N) is 1. The van der Waals surface area contributed by atoms with Crippen molar-refractivity contribution in [3.8, 4) is 0 Å². The van der Waals surface area contributed by atoms with E-state index < -0.39 is 6.04 Å². The third kappa shape index (κ3) is 4.61. The van der Waals surface area contributed by atoms with Gasteiger partial charge in [0.1, 0.15) is 6.04 Å². The number of primary amides is 1. The normalized spacial score (nSPS) is 12.8. The molecule has 114 valence electrons. The van der Waals surface area contributed by atoms with Crippen LogP contribution in [0, 0.1) is 0 Å². The second-order valence-corrected chi connectivity index (χ2v) is 4.83. The molecule has 0 spiro atoms. The largest absolute Gasteiger partial charge is 0.368 e. The van der Waals surface area contributed by atoms with Crippen LogP contribution in [-0.4, -0.2) is 46.5 Å². The van der Waals surface area contributed by atoms with Gasteiger partial charge in [-0.1, -0.05) is 20.8 Å². The van der Waals surface area contributed by atoms with Gasteiger partial charge in [-0.05, 0) is 19.5 Å². The number of carbonyl (C=O) groups excluding carboxylic acids is 1. The molecule has 0 aliphatic heterocycles. The maximum atomic E-state index is 11.7. The average Bonchev–Trinajstić information content (AvgIpc) is 2.87. The minimum Gasteiger partial charge on any atom is -0.368 e. The number of nitrogens with zero attached hydrogens (tertiary/aromatic N) is 3. The van der Waals surface area contributed by atoms with Crippen molar-refractivity contribution >= 4 is 5.91 Å². The van der Waals surface area contributed by atoms with Crippen LogP contribution < -0.4 is 11.1 Å². The minimum absolute atomic E-state index is 0.359. The maximum Gasteiger partial charge on any atom is 0.240 e. The lowest BCUT2D eigenvalue weighted by atomic mass is 10.2. The first-order valence-corrected chi connectivity index (χ1v) is 7.39. The molecule has 0 aliphatic rings. The van der Waals surface area contributed by atoms with Crippen molar-refractivity contribution < 1.29 is 4.79 Å². The summed E-state index contributed by atoms with van der Waals surface area (Å²) in [7, 11) is 0. The van der Waals surface area contributed by atoms with Crippen molar-refractivity contribution in [3.05, 3.63) is 18.2 Å². The van der Waals surface area contributed by atoms with Gasteiger partial charge in [0.15, 0.2) is 0 Å². The summed E-state index contributed by atoms with van der Waals surface area (Å²) in [6.07, 6.45) is 4.46. The monoisotopic (exact) mass is 281 g/mol. The van der Waals surface area contributed by atoms with E-state index in [1.54, 1.807) is 12.5 Å². The van der Waals surface area contributed by atoms with Gasteiger partial charge in [-0.25, -0.2) is 4.98 Å². The van der Waals surface area contributed by atoms with Crippen LogP contribution in [0.4, 0.5) is 0 Å². The highest BCUT2D eigenvalue weighted by Gasteiger charge is 2.20. The zero-order valence-electron chi connectivity index (χ0n) is 12.8. The van der Waals surface area contributed by atoms with Crippen LogP contribution in [0.15, 0.2) is 12.5 Å². The topological polar surface area (TPSA) is 76.2 Å². The summed E-state index contributed by atoms with van der Waals surface area (Å²) >= 11 is 0. The first-order chi connectivity index (χ1) is 9.63. The van der Waals surface area contributed by atoms with Gasteiger partial charge in [0.05, 0.1) is 18.2 Å². The first kappa shape index (κ1) is 16.7. The van der Waals surface area contributed by atoms with E-state index in [1.807, 2.05) is 4.57 Å². The minimum atomic E-state index is -0.473. The third-order valence-electron chi connectivity index (χ3n) is 3.46. The first-order valence-electron chi connectivity index (χ1n) is 7.39. The van der Waals surface area contributed by atoms with Crippen LogP contribution in [0.5, 0.6) is 0 Å². The Morgan fingerprint density at radius 2 is 2.15 bits per heavy atom. The summed E-state index contributed by atoms with van der Waals surface area (Å²) in [6, 6.07) is -0.473. The molecule has 0 fully saturated rings. The SMILES string of the molecule is CCCn1cncc1C(NCCN(CC)CC)C(N)=O. The molecule has 3 N–H and O–H groups in total. The Hall–Kier alpha value is -1.40. The number of likely N-dealkylation sites (N-methyl/N-ethyl adjacent to an activating group) is 1. The van der Waals surface area contributed by atoms with E-state index in [0.717, 1.165) is 44.8 Å². The quantitative estimate of drug-likeness (QED) is 0.663. The lowest BCUT2D eigenvalue weighted by Gasteiger charge is -2.21. The summed E-state index contributed by atoms with van der Waals surface area (Å²) in [6.45, 7) is 10.8. The van der Waals surface area contributed by atoms with Crippen molar-refractivity contribution in [1.29, 1.82) is 0 Å². The van der Waals surface area contributed by atoms with E-state index in [1.165, 1.54) is 0 Å². The maximum absolute atomic E-state index is 11.7. The molecule has 1 heterocycles. The van der Waals surface area contributed by atoms with Crippen LogP contribution in [0.2, 0.25) is 0 Å². The van der Waals surface area contributed by atoms with Gasteiger partial charge in [0.25, 0.3) is 0 Å². The summed E-state index contributed by atoms with van der Waals surface area (Å²) in [4.78, 5) is 18.1. The number of nitrogens with one attached hydrogen (secondary N) is 1. The zero-order valence-corrected chi connectivity index (χ0v) is 12.8.